The molecule has 0 N–H and O–H groups in total. The Morgan fingerprint density at radius 3 is 2.72 bits per heavy atom. The lowest BCUT2D eigenvalue weighted by Gasteiger charge is -2.26. The van der Waals surface area contributed by atoms with Gasteiger partial charge < -0.3 is 4.74 Å². The van der Waals surface area contributed by atoms with Gasteiger partial charge >= 0.3 is 0 Å². The lowest BCUT2D eigenvalue weighted by atomic mass is 10.0. The molecule has 1 saturated heterocycles. The molecule has 18 heavy (non-hydrogen) atoms. The lowest BCUT2D eigenvalue weighted by Crippen LogP contribution is -2.34. The summed E-state index contributed by atoms with van der Waals surface area (Å²) in [5, 5.41) is 1.78. The van der Waals surface area contributed by atoms with E-state index in [0.29, 0.717) is 21.1 Å². The molecule has 0 aliphatic carbocycles. The second kappa shape index (κ2) is 6.00. The molecule has 0 amide bonds. The molecule has 1 aromatic rings. The average molecular weight is 354 g/mol. The summed E-state index contributed by atoms with van der Waals surface area (Å²) in [4.78, 5) is 0. The Hall–Kier alpha value is 0.0500. The highest BCUT2D eigenvalue weighted by atomic mass is 79.9. The topological polar surface area (TPSA) is 46.6 Å². The molecule has 4 nitrogen and oxygen atoms in total. The Bertz CT molecular complexity index is 494. The fourth-order valence-electron chi connectivity index (χ4n) is 2.00. The number of hydrogen-bond acceptors (Lipinski definition) is 4. The van der Waals surface area contributed by atoms with Crippen LogP contribution in [0.3, 0.4) is 0 Å². The number of sulfonamides is 1. The fourth-order valence-corrected chi connectivity index (χ4v) is 5.75. The second-order valence-corrected chi connectivity index (χ2v) is 8.41. The van der Waals surface area contributed by atoms with Crippen LogP contribution in [-0.4, -0.2) is 39.5 Å². The SMILES string of the molecule is CN(CC1CCOCC1)S(=O)(=O)c1sccc1Br. The van der Waals surface area contributed by atoms with Crippen LogP contribution in [0.1, 0.15) is 12.8 Å². The van der Waals surface area contributed by atoms with Crippen LogP contribution in [0, 0.1) is 5.92 Å². The Labute approximate surface area is 120 Å². The number of hydrogen-bond donors (Lipinski definition) is 0. The van der Waals surface area contributed by atoms with Crippen molar-refractivity contribution in [3.63, 3.8) is 0 Å². The normalized spacial score (nSPS) is 18.4. The van der Waals surface area contributed by atoms with E-state index in [-0.39, 0.29) is 0 Å². The molecule has 0 spiro atoms. The van der Waals surface area contributed by atoms with E-state index in [2.05, 4.69) is 15.9 Å². The molecule has 0 unspecified atom stereocenters. The standard InChI is InChI=1S/C11H16BrNO3S2/c1-13(8-9-2-5-16-6-3-9)18(14,15)11-10(12)4-7-17-11/h4,7,9H,2-3,5-6,8H2,1H3. The molecule has 0 radical (unpaired) electrons. The van der Waals surface area contributed by atoms with E-state index in [1.54, 1.807) is 18.5 Å². The largest absolute Gasteiger partial charge is 0.381 e. The summed E-state index contributed by atoms with van der Waals surface area (Å²) < 4.78 is 32.5. The molecule has 0 aromatic carbocycles. The smallest absolute Gasteiger partial charge is 0.253 e. The summed E-state index contributed by atoms with van der Waals surface area (Å²) in [5.41, 5.74) is 0. The molecule has 1 fully saturated rings. The monoisotopic (exact) mass is 353 g/mol. The third-order valence-corrected chi connectivity index (χ3v) is 7.56. The number of halogens is 1. The molecule has 1 aliphatic rings. The van der Waals surface area contributed by atoms with E-state index in [0.717, 1.165) is 26.1 Å². The highest BCUT2D eigenvalue weighted by molar-refractivity contribution is 9.10. The van der Waals surface area contributed by atoms with Crippen LogP contribution in [0.25, 0.3) is 0 Å². The van der Waals surface area contributed by atoms with Gasteiger partial charge in [0.25, 0.3) is 10.0 Å². The van der Waals surface area contributed by atoms with E-state index in [4.69, 9.17) is 4.74 Å². The zero-order chi connectivity index (χ0) is 13.2. The number of nitrogens with zero attached hydrogens (tertiary/aromatic N) is 1. The maximum atomic E-state index is 12.4. The van der Waals surface area contributed by atoms with Crippen molar-refractivity contribution >= 4 is 37.3 Å². The Kier molecular flexibility index (Phi) is 4.82. The predicted octanol–water partition coefficient (Wildman–Crippen LogP) is 2.56. The van der Waals surface area contributed by atoms with Crippen LogP contribution in [-0.2, 0) is 14.8 Å². The van der Waals surface area contributed by atoms with E-state index in [1.807, 2.05) is 0 Å². The van der Waals surface area contributed by atoms with Crippen molar-refractivity contribution in [3.8, 4) is 0 Å². The number of thiophene rings is 1. The van der Waals surface area contributed by atoms with Gasteiger partial charge in [-0.3, -0.25) is 0 Å². The Balaban J connectivity index is 2.08. The minimum Gasteiger partial charge on any atom is -0.381 e. The van der Waals surface area contributed by atoms with Crippen molar-refractivity contribution in [2.24, 2.45) is 5.92 Å². The first-order valence-corrected chi connectivity index (χ1v) is 8.90. The molecule has 2 rings (SSSR count). The molecule has 2 heterocycles. The lowest BCUT2D eigenvalue weighted by molar-refractivity contribution is 0.0620. The number of rotatable bonds is 4. The molecule has 102 valence electrons. The maximum Gasteiger partial charge on any atom is 0.253 e. The summed E-state index contributed by atoms with van der Waals surface area (Å²) in [6.45, 7) is 2.04. The third-order valence-electron chi connectivity index (χ3n) is 3.09. The molecular formula is C11H16BrNO3S2. The van der Waals surface area contributed by atoms with Gasteiger partial charge in [-0.25, -0.2) is 8.42 Å². The van der Waals surface area contributed by atoms with Gasteiger partial charge in [0.1, 0.15) is 4.21 Å². The maximum absolute atomic E-state index is 12.4. The Morgan fingerprint density at radius 1 is 1.50 bits per heavy atom. The van der Waals surface area contributed by atoms with Gasteiger partial charge in [-0.1, -0.05) is 0 Å². The van der Waals surface area contributed by atoms with Gasteiger partial charge in [-0.15, -0.1) is 11.3 Å². The molecule has 7 heteroatoms. The molecular weight excluding hydrogens is 338 g/mol. The van der Waals surface area contributed by atoms with Crippen molar-refractivity contribution in [2.45, 2.75) is 17.1 Å². The minimum absolute atomic E-state index is 0.386. The van der Waals surface area contributed by atoms with Crippen LogP contribution in [0.5, 0.6) is 0 Å². The summed E-state index contributed by atoms with van der Waals surface area (Å²) >= 11 is 4.53. The quantitative estimate of drug-likeness (QED) is 0.835. The second-order valence-electron chi connectivity index (χ2n) is 4.40. The van der Waals surface area contributed by atoms with Crippen molar-refractivity contribution < 1.29 is 13.2 Å². The highest BCUT2D eigenvalue weighted by Crippen LogP contribution is 2.30. The van der Waals surface area contributed by atoms with E-state index in [9.17, 15) is 8.42 Å². The first kappa shape index (κ1) is 14.5. The van der Waals surface area contributed by atoms with E-state index < -0.39 is 10.0 Å². The summed E-state index contributed by atoms with van der Waals surface area (Å²) in [6, 6.07) is 1.76. The predicted molar refractivity (Wildman–Crippen MR) is 75.4 cm³/mol. The first-order chi connectivity index (χ1) is 8.51. The third kappa shape index (κ3) is 3.14. The molecule has 0 atom stereocenters. The minimum atomic E-state index is -3.36. The highest BCUT2D eigenvalue weighted by Gasteiger charge is 2.27. The van der Waals surface area contributed by atoms with Crippen LogP contribution in [0.4, 0.5) is 0 Å². The summed E-state index contributed by atoms with van der Waals surface area (Å²) in [7, 11) is -1.71. The molecule has 1 aliphatic heterocycles. The summed E-state index contributed by atoms with van der Waals surface area (Å²) in [5.74, 6) is 0.400. The van der Waals surface area contributed by atoms with Crippen LogP contribution in [0.2, 0.25) is 0 Å². The van der Waals surface area contributed by atoms with Crippen LogP contribution < -0.4 is 0 Å². The molecule has 0 saturated carbocycles. The van der Waals surface area contributed by atoms with Gasteiger partial charge in [-0.05, 0) is 46.1 Å². The van der Waals surface area contributed by atoms with Crippen LogP contribution >= 0.6 is 27.3 Å². The van der Waals surface area contributed by atoms with Gasteiger partial charge in [0.05, 0.1) is 0 Å². The zero-order valence-corrected chi connectivity index (χ0v) is 13.4. The molecule has 0 bridgehead atoms. The van der Waals surface area contributed by atoms with E-state index in [1.165, 1.54) is 15.6 Å². The van der Waals surface area contributed by atoms with Crippen molar-refractivity contribution in [2.75, 3.05) is 26.8 Å². The van der Waals surface area contributed by atoms with Crippen molar-refractivity contribution in [1.29, 1.82) is 0 Å². The van der Waals surface area contributed by atoms with Gasteiger partial charge in [-0.2, -0.15) is 4.31 Å². The average Bonchev–Trinajstić information content (AvgIpc) is 2.77. The Morgan fingerprint density at radius 2 is 2.17 bits per heavy atom. The van der Waals surface area contributed by atoms with E-state index >= 15 is 0 Å². The van der Waals surface area contributed by atoms with Gasteiger partial charge in [0.2, 0.25) is 0 Å². The first-order valence-electron chi connectivity index (χ1n) is 5.79. The zero-order valence-electron chi connectivity index (χ0n) is 10.1. The van der Waals surface area contributed by atoms with Gasteiger partial charge in [0.15, 0.2) is 0 Å². The summed E-state index contributed by atoms with van der Waals surface area (Å²) in [6.07, 6.45) is 1.87. The van der Waals surface area contributed by atoms with Crippen LogP contribution in [0.15, 0.2) is 20.1 Å². The molecule has 1 aromatic heterocycles. The number of ether oxygens (including phenoxy) is 1. The van der Waals surface area contributed by atoms with Gasteiger partial charge in [0, 0.05) is 31.3 Å². The van der Waals surface area contributed by atoms with Crippen molar-refractivity contribution in [1.82, 2.24) is 4.31 Å². The fraction of sp³-hybridized carbons (Fsp3) is 0.636. The van der Waals surface area contributed by atoms with Crippen molar-refractivity contribution in [3.05, 3.63) is 15.9 Å².